The number of carbonyl (C=O) groups excluding carboxylic acids is 2. The van der Waals surface area contributed by atoms with Crippen LogP contribution in [0, 0.1) is 12.8 Å². The number of carbonyl (C=O) groups is 2. The molecule has 3 rings (SSSR count). The maximum absolute atomic E-state index is 12.8. The van der Waals surface area contributed by atoms with Crippen LogP contribution < -0.4 is 0 Å². The van der Waals surface area contributed by atoms with Crippen LogP contribution in [0.1, 0.15) is 31.7 Å². The van der Waals surface area contributed by atoms with Gasteiger partial charge in [-0.05, 0) is 45.2 Å². The van der Waals surface area contributed by atoms with Gasteiger partial charge in [-0.2, -0.15) is 4.31 Å². The molecule has 2 saturated heterocycles. The van der Waals surface area contributed by atoms with Crippen LogP contribution in [-0.2, 0) is 34.2 Å². The van der Waals surface area contributed by atoms with E-state index in [0.717, 1.165) is 5.56 Å². The van der Waals surface area contributed by atoms with E-state index in [2.05, 4.69) is 0 Å². The lowest BCUT2D eigenvalue weighted by Crippen LogP contribution is -2.45. The number of hydrogen-bond donors (Lipinski definition) is 0. The first-order chi connectivity index (χ1) is 14.9. The lowest BCUT2D eigenvalue weighted by molar-refractivity contribution is -0.163. The fourth-order valence-electron chi connectivity index (χ4n) is 4.06. The first-order valence-electron chi connectivity index (χ1n) is 10.6. The molecule has 2 heterocycles. The van der Waals surface area contributed by atoms with Gasteiger partial charge in [-0.1, -0.05) is 17.7 Å². The van der Waals surface area contributed by atoms with Gasteiger partial charge in [0.25, 0.3) is 5.91 Å². The minimum Gasteiger partial charge on any atom is -0.452 e. The fraction of sp³-hybridized carbons (Fsp3) is 0.619. The van der Waals surface area contributed by atoms with Gasteiger partial charge >= 0.3 is 5.97 Å². The second kappa shape index (κ2) is 9.48. The Morgan fingerprint density at radius 1 is 1.12 bits per heavy atom. The van der Waals surface area contributed by atoms with E-state index >= 15 is 0 Å². The molecule has 1 aromatic carbocycles. The Morgan fingerprint density at radius 3 is 2.25 bits per heavy atom. The van der Waals surface area contributed by atoms with Crippen LogP contribution >= 0.6 is 0 Å². The number of hydrogen-bond acceptors (Lipinski definition) is 7. The van der Waals surface area contributed by atoms with Crippen LogP contribution in [-0.4, -0.2) is 81.7 Å². The van der Waals surface area contributed by atoms with Crippen molar-refractivity contribution < 1.29 is 31.2 Å². The Labute approximate surface area is 189 Å². The molecular formula is C21H30N2O7S2. The average molecular weight is 487 g/mol. The molecule has 1 amide bonds. The summed E-state index contributed by atoms with van der Waals surface area (Å²) in [5.74, 6) is -1.51. The molecule has 0 bridgehead atoms. The summed E-state index contributed by atoms with van der Waals surface area (Å²) in [6, 6.07) is 6.22. The molecule has 178 valence electrons. The highest BCUT2D eigenvalue weighted by Gasteiger charge is 2.37. The first-order valence-corrected chi connectivity index (χ1v) is 13.9. The molecule has 2 aliphatic heterocycles. The van der Waals surface area contributed by atoms with Crippen LogP contribution in [0.3, 0.4) is 0 Å². The zero-order chi connectivity index (χ0) is 23.7. The summed E-state index contributed by atoms with van der Waals surface area (Å²) in [5, 5.41) is 0. The molecule has 11 heteroatoms. The molecule has 32 heavy (non-hydrogen) atoms. The van der Waals surface area contributed by atoms with Crippen LogP contribution in [0.15, 0.2) is 29.2 Å². The predicted octanol–water partition coefficient (Wildman–Crippen LogP) is 0.973. The second-order valence-corrected chi connectivity index (χ2v) is 12.7. The third-order valence-electron chi connectivity index (χ3n) is 6.19. The Hall–Kier alpha value is -1.98. The Balaban J connectivity index is 1.52. The van der Waals surface area contributed by atoms with E-state index in [1.165, 1.54) is 23.2 Å². The maximum Gasteiger partial charge on any atom is 0.309 e. The summed E-state index contributed by atoms with van der Waals surface area (Å²) in [6.07, 6.45) is -0.0486. The molecule has 0 N–H and O–H groups in total. The molecule has 0 spiro atoms. The molecule has 9 nitrogen and oxygen atoms in total. The van der Waals surface area contributed by atoms with Gasteiger partial charge in [0, 0.05) is 26.2 Å². The third-order valence-corrected chi connectivity index (χ3v) is 9.85. The molecule has 0 aromatic heterocycles. The van der Waals surface area contributed by atoms with Gasteiger partial charge in [0.2, 0.25) is 10.0 Å². The van der Waals surface area contributed by atoms with Gasteiger partial charge in [0.05, 0.1) is 22.3 Å². The molecule has 0 aliphatic carbocycles. The number of rotatable bonds is 6. The predicted molar refractivity (Wildman–Crippen MR) is 118 cm³/mol. The number of nitrogens with zero attached hydrogens (tertiary/aromatic N) is 2. The SMILES string of the molecule is Cc1ccc(S(=O)(=O)N2CCC(C(=O)O[C@@H](C)C(=O)N(C)[C@@H]3CCS(=O)(=O)C3)CC2)cc1. The molecule has 1 aromatic rings. The minimum absolute atomic E-state index is 0.0491. The van der Waals surface area contributed by atoms with Gasteiger partial charge in [0.15, 0.2) is 15.9 Å². The fourth-order valence-corrected chi connectivity index (χ4v) is 7.30. The normalized spacial score (nSPS) is 22.9. The molecular weight excluding hydrogens is 456 g/mol. The number of aryl methyl sites for hydroxylation is 1. The molecule has 0 unspecified atom stereocenters. The number of ether oxygens (including phenoxy) is 1. The van der Waals surface area contributed by atoms with Crippen LogP contribution in [0.4, 0.5) is 0 Å². The second-order valence-electron chi connectivity index (χ2n) is 8.58. The van der Waals surface area contributed by atoms with Gasteiger partial charge < -0.3 is 9.64 Å². The number of likely N-dealkylation sites (N-methyl/N-ethyl adjacent to an activating group) is 1. The highest BCUT2D eigenvalue weighted by atomic mass is 32.2. The van der Waals surface area contributed by atoms with Crippen molar-refractivity contribution in [3.63, 3.8) is 0 Å². The van der Waals surface area contributed by atoms with E-state index in [1.807, 2.05) is 6.92 Å². The summed E-state index contributed by atoms with van der Waals surface area (Å²) >= 11 is 0. The maximum atomic E-state index is 12.8. The van der Waals surface area contributed by atoms with Gasteiger partial charge in [0.1, 0.15) is 0 Å². The number of esters is 1. The molecule has 0 radical (unpaired) electrons. The van der Waals surface area contributed by atoms with Crippen LogP contribution in [0.25, 0.3) is 0 Å². The monoisotopic (exact) mass is 486 g/mol. The Kier molecular flexibility index (Phi) is 7.31. The van der Waals surface area contributed by atoms with Crippen molar-refractivity contribution in [3.05, 3.63) is 29.8 Å². The van der Waals surface area contributed by atoms with Crippen LogP contribution in [0.5, 0.6) is 0 Å². The van der Waals surface area contributed by atoms with Crippen molar-refractivity contribution in [1.29, 1.82) is 0 Å². The zero-order valence-electron chi connectivity index (χ0n) is 18.6. The number of sulfone groups is 1. The summed E-state index contributed by atoms with van der Waals surface area (Å²) in [6.45, 7) is 3.74. The van der Waals surface area contributed by atoms with Crippen molar-refractivity contribution in [2.24, 2.45) is 5.92 Å². The standard InChI is InChI=1S/C21H30N2O7S2/c1-15-4-6-19(7-5-15)32(28,29)23-11-8-17(9-12-23)21(25)30-16(2)20(24)22(3)18-10-13-31(26,27)14-18/h4-7,16-18H,8-14H2,1-3H3/t16-,18+/m0/s1. The topological polar surface area (TPSA) is 118 Å². The molecule has 0 saturated carbocycles. The summed E-state index contributed by atoms with van der Waals surface area (Å²) < 4.78 is 55.6. The van der Waals surface area contributed by atoms with Crippen molar-refractivity contribution in [1.82, 2.24) is 9.21 Å². The van der Waals surface area contributed by atoms with E-state index in [9.17, 15) is 26.4 Å². The van der Waals surface area contributed by atoms with Crippen LogP contribution in [0.2, 0.25) is 0 Å². The first kappa shape index (κ1) is 24.7. The van der Waals surface area contributed by atoms with E-state index in [-0.39, 0.29) is 29.5 Å². The van der Waals surface area contributed by atoms with Gasteiger partial charge in [-0.25, -0.2) is 16.8 Å². The average Bonchev–Trinajstić information content (AvgIpc) is 3.12. The number of piperidine rings is 1. The van der Waals surface area contributed by atoms with Gasteiger partial charge in [-0.3, -0.25) is 9.59 Å². The minimum atomic E-state index is -3.62. The van der Waals surface area contributed by atoms with Crippen molar-refractivity contribution in [3.8, 4) is 0 Å². The highest BCUT2D eigenvalue weighted by Crippen LogP contribution is 2.25. The van der Waals surface area contributed by atoms with Crippen molar-refractivity contribution in [2.45, 2.75) is 50.2 Å². The zero-order valence-corrected chi connectivity index (χ0v) is 20.2. The number of benzene rings is 1. The smallest absolute Gasteiger partial charge is 0.309 e. The van der Waals surface area contributed by atoms with Crippen molar-refractivity contribution in [2.75, 3.05) is 31.6 Å². The van der Waals surface area contributed by atoms with E-state index in [4.69, 9.17) is 4.74 Å². The Morgan fingerprint density at radius 2 is 1.72 bits per heavy atom. The Bertz CT molecular complexity index is 1060. The van der Waals surface area contributed by atoms with E-state index in [1.54, 1.807) is 24.3 Å². The van der Waals surface area contributed by atoms with E-state index in [0.29, 0.717) is 19.3 Å². The molecule has 2 fully saturated rings. The summed E-state index contributed by atoms with van der Waals surface area (Å²) in [7, 11) is -5.24. The molecule has 2 atom stereocenters. The lowest BCUT2D eigenvalue weighted by atomic mass is 9.98. The van der Waals surface area contributed by atoms with Gasteiger partial charge in [-0.15, -0.1) is 0 Å². The lowest BCUT2D eigenvalue weighted by Gasteiger charge is -2.31. The summed E-state index contributed by atoms with van der Waals surface area (Å²) in [5.41, 5.74) is 0.967. The number of sulfonamides is 1. The number of amides is 1. The van der Waals surface area contributed by atoms with Crippen molar-refractivity contribution >= 4 is 31.7 Å². The highest BCUT2D eigenvalue weighted by molar-refractivity contribution is 7.91. The third kappa shape index (κ3) is 5.49. The largest absolute Gasteiger partial charge is 0.452 e. The van der Waals surface area contributed by atoms with E-state index < -0.39 is 49.8 Å². The molecule has 2 aliphatic rings. The quantitative estimate of drug-likeness (QED) is 0.550. The summed E-state index contributed by atoms with van der Waals surface area (Å²) in [4.78, 5) is 26.7.